The van der Waals surface area contributed by atoms with E-state index >= 15 is 0 Å². The molecule has 0 aromatic heterocycles. The van der Waals surface area contributed by atoms with E-state index in [1.54, 1.807) is 0 Å². The van der Waals surface area contributed by atoms with Crippen molar-refractivity contribution in [1.29, 1.82) is 0 Å². The fourth-order valence-electron chi connectivity index (χ4n) is 1.43. The SMILES string of the molecule is CCC(C)(C)C(=O)OCC(O)COCCOCCCOCCO. The van der Waals surface area contributed by atoms with Gasteiger partial charge in [0.2, 0.25) is 0 Å². The van der Waals surface area contributed by atoms with Gasteiger partial charge in [0.05, 0.1) is 38.4 Å². The fraction of sp³-hybridized carbons (Fsp3) is 0.938. The average molecular weight is 336 g/mol. The Kier molecular flexibility index (Phi) is 13.3. The first-order valence-electron chi connectivity index (χ1n) is 8.13. The number of hydrogen-bond acceptors (Lipinski definition) is 7. The summed E-state index contributed by atoms with van der Waals surface area (Å²) in [4.78, 5) is 11.7. The highest BCUT2D eigenvalue weighted by molar-refractivity contribution is 5.75. The predicted octanol–water partition coefficient (Wildman–Crippen LogP) is 0.759. The maximum atomic E-state index is 11.7. The summed E-state index contributed by atoms with van der Waals surface area (Å²) in [6, 6.07) is 0. The predicted molar refractivity (Wildman–Crippen MR) is 85.2 cm³/mol. The summed E-state index contributed by atoms with van der Waals surface area (Å²) in [6.07, 6.45) is 0.602. The molecule has 0 amide bonds. The fourth-order valence-corrected chi connectivity index (χ4v) is 1.43. The first kappa shape index (κ1) is 22.3. The summed E-state index contributed by atoms with van der Waals surface area (Å²) in [5.41, 5.74) is -0.532. The molecule has 1 atom stereocenters. The standard InChI is InChI=1S/C16H32O7/c1-4-16(2,3)15(19)23-13-14(18)12-22-11-10-21-8-5-7-20-9-6-17/h14,17-18H,4-13H2,1-3H3. The number of aliphatic hydroxyl groups excluding tert-OH is 2. The van der Waals surface area contributed by atoms with Crippen molar-refractivity contribution in [3.8, 4) is 0 Å². The van der Waals surface area contributed by atoms with E-state index in [-0.39, 0.29) is 25.8 Å². The maximum Gasteiger partial charge on any atom is 0.311 e. The number of rotatable bonds is 15. The van der Waals surface area contributed by atoms with Crippen molar-refractivity contribution in [3.63, 3.8) is 0 Å². The largest absolute Gasteiger partial charge is 0.462 e. The van der Waals surface area contributed by atoms with E-state index in [0.29, 0.717) is 39.5 Å². The topological polar surface area (TPSA) is 94.5 Å². The highest BCUT2D eigenvalue weighted by atomic mass is 16.6. The second-order valence-electron chi connectivity index (χ2n) is 5.87. The number of hydrogen-bond donors (Lipinski definition) is 2. The summed E-state index contributed by atoms with van der Waals surface area (Å²) in [7, 11) is 0. The van der Waals surface area contributed by atoms with E-state index in [1.807, 2.05) is 20.8 Å². The number of aliphatic hydroxyl groups is 2. The molecule has 0 aromatic rings. The summed E-state index contributed by atoms with van der Waals surface area (Å²) in [5.74, 6) is -0.314. The molecular weight excluding hydrogens is 304 g/mol. The van der Waals surface area contributed by atoms with Gasteiger partial charge in [-0.3, -0.25) is 4.79 Å². The van der Waals surface area contributed by atoms with Gasteiger partial charge in [0.25, 0.3) is 0 Å². The van der Waals surface area contributed by atoms with Crippen LogP contribution in [-0.2, 0) is 23.7 Å². The highest BCUT2D eigenvalue weighted by Crippen LogP contribution is 2.21. The Morgan fingerprint density at radius 2 is 1.61 bits per heavy atom. The molecule has 0 spiro atoms. The molecule has 0 aliphatic carbocycles. The molecule has 138 valence electrons. The van der Waals surface area contributed by atoms with Crippen molar-refractivity contribution in [2.45, 2.75) is 39.7 Å². The van der Waals surface area contributed by atoms with Crippen molar-refractivity contribution < 1.29 is 34.0 Å². The number of carbonyl (C=O) groups is 1. The van der Waals surface area contributed by atoms with Gasteiger partial charge < -0.3 is 29.2 Å². The molecule has 0 aliphatic heterocycles. The third-order valence-corrected chi connectivity index (χ3v) is 3.34. The number of esters is 1. The van der Waals surface area contributed by atoms with Gasteiger partial charge in [-0.15, -0.1) is 0 Å². The van der Waals surface area contributed by atoms with Gasteiger partial charge in [0.1, 0.15) is 12.7 Å². The van der Waals surface area contributed by atoms with Crippen LogP contribution < -0.4 is 0 Å². The van der Waals surface area contributed by atoms with Crippen molar-refractivity contribution in [1.82, 2.24) is 0 Å². The van der Waals surface area contributed by atoms with Crippen LogP contribution in [0.25, 0.3) is 0 Å². The van der Waals surface area contributed by atoms with Crippen LogP contribution in [0.1, 0.15) is 33.6 Å². The Morgan fingerprint density at radius 3 is 2.22 bits per heavy atom. The molecule has 0 rings (SSSR count). The average Bonchev–Trinajstić information content (AvgIpc) is 2.54. The lowest BCUT2D eigenvalue weighted by Gasteiger charge is -2.21. The summed E-state index contributed by atoms with van der Waals surface area (Å²) in [6.45, 7) is 7.85. The van der Waals surface area contributed by atoms with Gasteiger partial charge >= 0.3 is 5.97 Å². The molecule has 7 nitrogen and oxygen atoms in total. The molecule has 0 aliphatic rings. The molecule has 0 radical (unpaired) electrons. The van der Waals surface area contributed by atoms with Crippen LogP contribution >= 0.6 is 0 Å². The monoisotopic (exact) mass is 336 g/mol. The zero-order valence-corrected chi connectivity index (χ0v) is 14.6. The minimum Gasteiger partial charge on any atom is -0.462 e. The molecule has 0 aromatic carbocycles. The third kappa shape index (κ3) is 12.4. The van der Waals surface area contributed by atoms with Gasteiger partial charge in [-0.25, -0.2) is 0 Å². The lowest BCUT2D eigenvalue weighted by molar-refractivity contribution is -0.158. The van der Waals surface area contributed by atoms with E-state index in [2.05, 4.69) is 0 Å². The molecule has 0 saturated heterocycles. The minimum absolute atomic E-state index is 0.0300. The molecule has 1 unspecified atom stereocenters. The van der Waals surface area contributed by atoms with Crippen LogP contribution in [-0.4, -0.2) is 75.1 Å². The van der Waals surface area contributed by atoms with E-state index < -0.39 is 11.5 Å². The van der Waals surface area contributed by atoms with Crippen LogP contribution in [0.4, 0.5) is 0 Å². The normalized spacial score (nSPS) is 13.1. The van der Waals surface area contributed by atoms with Gasteiger partial charge in [0, 0.05) is 13.2 Å². The molecule has 7 heteroatoms. The first-order chi connectivity index (χ1) is 10.9. The zero-order valence-electron chi connectivity index (χ0n) is 14.6. The lowest BCUT2D eigenvalue weighted by atomic mass is 9.91. The molecule has 0 saturated carbocycles. The number of carbonyl (C=O) groups excluding carboxylic acids is 1. The Bertz CT molecular complexity index is 294. The lowest BCUT2D eigenvalue weighted by Crippen LogP contribution is -2.31. The van der Waals surface area contributed by atoms with Gasteiger partial charge in [0.15, 0.2) is 0 Å². The molecule has 2 N–H and O–H groups in total. The Balaban J connectivity index is 3.44. The van der Waals surface area contributed by atoms with E-state index in [1.165, 1.54) is 0 Å². The summed E-state index contributed by atoms with van der Waals surface area (Å²) >= 11 is 0. The highest BCUT2D eigenvalue weighted by Gasteiger charge is 2.27. The Labute approximate surface area is 138 Å². The summed E-state index contributed by atoms with van der Waals surface area (Å²) < 4.78 is 20.7. The van der Waals surface area contributed by atoms with Crippen molar-refractivity contribution in [2.75, 3.05) is 52.9 Å². The smallest absolute Gasteiger partial charge is 0.311 e. The maximum absolute atomic E-state index is 11.7. The first-order valence-corrected chi connectivity index (χ1v) is 8.13. The van der Waals surface area contributed by atoms with Gasteiger partial charge in [-0.2, -0.15) is 0 Å². The Morgan fingerprint density at radius 1 is 1.00 bits per heavy atom. The number of ether oxygens (including phenoxy) is 4. The van der Waals surface area contributed by atoms with E-state index in [0.717, 1.165) is 6.42 Å². The van der Waals surface area contributed by atoms with Crippen molar-refractivity contribution in [2.24, 2.45) is 5.41 Å². The van der Waals surface area contributed by atoms with Crippen molar-refractivity contribution >= 4 is 5.97 Å². The van der Waals surface area contributed by atoms with Crippen LogP contribution in [0.2, 0.25) is 0 Å². The molecule has 23 heavy (non-hydrogen) atoms. The Hall–Kier alpha value is -0.730. The quantitative estimate of drug-likeness (QED) is 0.337. The minimum atomic E-state index is -0.835. The van der Waals surface area contributed by atoms with Crippen LogP contribution in [0.15, 0.2) is 0 Å². The second-order valence-corrected chi connectivity index (χ2v) is 5.87. The molecule has 0 heterocycles. The molecular formula is C16H32O7. The van der Waals surface area contributed by atoms with Crippen molar-refractivity contribution in [3.05, 3.63) is 0 Å². The molecule has 0 bridgehead atoms. The second kappa shape index (κ2) is 13.7. The van der Waals surface area contributed by atoms with Crippen LogP contribution in [0, 0.1) is 5.41 Å². The molecule has 0 fully saturated rings. The van der Waals surface area contributed by atoms with Gasteiger partial charge in [-0.1, -0.05) is 6.92 Å². The van der Waals surface area contributed by atoms with E-state index in [4.69, 9.17) is 24.1 Å². The zero-order chi connectivity index (χ0) is 17.6. The van der Waals surface area contributed by atoms with E-state index in [9.17, 15) is 9.90 Å². The van der Waals surface area contributed by atoms with Gasteiger partial charge in [-0.05, 0) is 26.7 Å². The van der Waals surface area contributed by atoms with Crippen LogP contribution in [0.5, 0.6) is 0 Å². The van der Waals surface area contributed by atoms with Crippen LogP contribution in [0.3, 0.4) is 0 Å². The third-order valence-electron chi connectivity index (χ3n) is 3.34. The summed E-state index contributed by atoms with van der Waals surface area (Å²) in [5, 5.41) is 18.2.